The number of rotatable bonds is 4. The molecule has 17 heavy (non-hydrogen) atoms. The second-order valence-electron chi connectivity index (χ2n) is 4.81. The number of hydrogen-bond acceptors (Lipinski definition) is 3. The van der Waals surface area contributed by atoms with Gasteiger partial charge in [0.15, 0.2) is 0 Å². The van der Waals surface area contributed by atoms with E-state index < -0.39 is 15.7 Å². The molecule has 0 aromatic heterocycles. The Morgan fingerprint density at radius 3 is 2.35 bits per heavy atom. The minimum absolute atomic E-state index is 0.0537. The van der Waals surface area contributed by atoms with E-state index in [0.717, 1.165) is 0 Å². The number of phenolic OH excluding ortho intramolecular Hbond substituents is 1. The highest BCUT2D eigenvalue weighted by Gasteiger charge is 2.19. The number of benzene rings is 1. The van der Waals surface area contributed by atoms with Gasteiger partial charge in [-0.05, 0) is 26.8 Å². The summed E-state index contributed by atoms with van der Waals surface area (Å²) in [5.41, 5.74) is -0.00308. The molecule has 0 aliphatic carbocycles. The first kappa shape index (κ1) is 14.0. The summed E-state index contributed by atoms with van der Waals surface area (Å²) in [5.74, 6) is 0.0750. The van der Waals surface area contributed by atoms with E-state index in [1.165, 1.54) is 6.07 Å². The summed E-state index contributed by atoms with van der Waals surface area (Å²) in [4.78, 5) is 0. The molecule has 0 saturated heterocycles. The molecule has 0 fully saturated rings. The first-order valence-corrected chi connectivity index (χ1v) is 6.73. The van der Waals surface area contributed by atoms with Crippen LogP contribution in [-0.4, -0.2) is 19.1 Å². The number of para-hydroxylation sites is 1. The summed E-state index contributed by atoms with van der Waals surface area (Å²) in [5, 5.41) is 9.48. The van der Waals surface area contributed by atoms with Gasteiger partial charge in [0.2, 0.25) is 0 Å². The third kappa shape index (κ3) is 5.16. The van der Waals surface area contributed by atoms with Gasteiger partial charge in [-0.15, -0.1) is 0 Å². The van der Waals surface area contributed by atoms with Crippen molar-refractivity contribution in [3.05, 3.63) is 29.8 Å². The maximum Gasteiger partial charge on any atom is 0.277 e. The van der Waals surface area contributed by atoms with Gasteiger partial charge in [0.1, 0.15) is 5.75 Å². The van der Waals surface area contributed by atoms with Gasteiger partial charge in [-0.25, -0.2) is 0 Å². The van der Waals surface area contributed by atoms with Gasteiger partial charge in [-0.3, -0.25) is 0 Å². The summed E-state index contributed by atoms with van der Waals surface area (Å²) < 4.78 is 28.1. The van der Waals surface area contributed by atoms with Crippen molar-refractivity contribution in [3.8, 4) is 5.75 Å². The molecule has 0 saturated carbocycles. The molecule has 5 nitrogen and oxygen atoms in total. The van der Waals surface area contributed by atoms with Gasteiger partial charge in [-0.2, -0.15) is 17.9 Å². The van der Waals surface area contributed by atoms with Gasteiger partial charge in [0, 0.05) is 17.6 Å². The maximum atomic E-state index is 11.6. The van der Waals surface area contributed by atoms with Crippen LogP contribution in [0, 0.1) is 0 Å². The lowest BCUT2D eigenvalue weighted by Gasteiger charge is -2.20. The van der Waals surface area contributed by atoms with Crippen LogP contribution in [-0.2, 0) is 16.8 Å². The average Bonchev–Trinajstić information content (AvgIpc) is 2.13. The van der Waals surface area contributed by atoms with E-state index in [0.29, 0.717) is 5.56 Å². The quantitative estimate of drug-likeness (QED) is 0.757. The Hall–Kier alpha value is -1.11. The molecule has 0 radical (unpaired) electrons. The van der Waals surface area contributed by atoms with Gasteiger partial charge in [-0.1, -0.05) is 18.2 Å². The number of hydrogen-bond donors (Lipinski definition) is 3. The fourth-order valence-electron chi connectivity index (χ4n) is 1.27. The van der Waals surface area contributed by atoms with Gasteiger partial charge < -0.3 is 5.11 Å². The number of nitrogens with one attached hydrogen (secondary N) is 2. The predicted molar refractivity (Wildman–Crippen MR) is 66.8 cm³/mol. The SMILES string of the molecule is CC(C)(C)NS(=O)(=O)NCc1ccccc1O. The van der Waals surface area contributed by atoms with Crippen LogP contribution < -0.4 is 9.44 Å². The first-order chi connectivity index (χ1) is 7.70. The Balaban J connectivity index is 2.66. The molecule has 1 aromatic rings. The average molecular weight is 258 g/mol. The van der Waals surface area contributed by atoms with Crippen molar-refractivity contribution in [2.45, 2.75) is 32.9 Å². The summed E-state index contributed by atoms with van der Waals surface area (Å²) in [6.45, 7) is 5.32. The normalized spacial score (nSPS) is 12.6. The third-order valence-corrected chi connectivity index (χ3v) is 3.29. The van der Waals surface area contributed by atoms with E-state index in [9.17, 15) is 13.5 Å². The zero-order valence-electron chi connectivity index (χ0n) is 10.2. The smallest absolute Gasteiger partial charge is 0.277 e. The summed E-state index contributed by atoms with van der Waals surface area (Å²) in [6, 6.07) is 6.59. The summed E-state index contributed by atoms with van der Waals surface area (Å²) in [6.07, 6.45) is 0. The fourth-order valence-corrected chi connectivity index (χ4v) is 2.50. The lowest BCUT2D eigenvalue weighted by Crippen LogP contribution is -2.46. The van der Waals surface area contributed by atoms with Crippen molar-refractivity contribution < 1.29 is 13.5 Å². The van der Waals surface area contributed by atoms with Crippen molar-refractivity contribution in [1.82, 2.24) is 9.44 Å². The van der Waals surface area contributed by atoms with Crippen molar-refractivity contribution in [3.63, 3.8) is 0 Å². The monoisotopic (exact) mass is 258 g/mol. The standard InChI is InChI=1S/C11H18N2O3S/c1-11(2,3)13-17(15,16)12-8-9-6-4-5-7-10(9)14/h4-7,12-14H,8H2,1-3H3. The zero-order valence-corrected chi connectivity index (χ0v) is 11.0. The molecule has 0 unspecified atom stereocenters. The molecule has 0 spiro atoms. The predicted octanol–water partition coefficient (Wildman–Crippen LogP) is 1.11. The molecule has 1 rings (SSSR count). The Morgan fingerprint density at radius 1 is 1.24 bits per heavy atom. The fraction of sp³-hybridized carbons (Fsp3) is 0.455. The van der Waals surface area contributed by atoms with Crippen molar-refractivity contribution >= 4 is 10.2 Å². The van der Waals surface area contributed by atoms with Crippen LogP contribution in [0.25, 0.3) is 0 Å². The minimum Gasteiger partial charge on any atom is -0.508 e. The van der Waals surface area contributed by atoms with E-state index in [4.69, 9.17) is 0 Å². The Kier molecular flexibility index (Phi) is 4.13. The topological polar surface area (TPSA) is 78.4 Å². The molecular weight excluding hydrogens is 240 g/mol. The maximum absolute atomic E-state index is 11.6. The second-order valence-corrected chi connectivity index (χ2v) is 6.30. The minimum atomic E-state index is -3.57. The number of phenols is 1. The molecule has 1 aromatic carbocycles. The molecular formula is C11H18N2O3S. The second kappa shape index (κ2) is 5.03. The van der Waals surface area contributed by atoms with Gasteiger partial charge in [0.25, 0.3) is 10.2 Å². The Bertz CT molecular complexity index is 478. The van der Waals surface area contributed by atoms with Crippen molar-refractivity contribution in [2.24, 2.45) is 0 Å². The Morgan fingerprint density at radius 2 is 1.82 bits per heavy atom. The van der Waals surface area contributed by atoms with Gasteiger partial charge in [0.05, 0.1) is 0 Å². The van der Waals surface area contributed by atoms with Crippen LogP contribution in [0.4, 0.5) is 0 Å². The van der Waals surface area contributed by atoms with E-state index in [1.54, 1.807) is 39.0 Å². The molecule has 6 heteroatoms. The molecule has 0 aliphatic rings. The molecule has 3 N–H and O–H groups in total. The molecule has 0 heterocycles. The Labute approximate surface area is 102 Å². The highest BCUT2D eigenvalue weighted by atomic mass is 32.2. The highest BCUT2D eigenvalue weighted by molar-refractivity contribution is 7.87. The van der Waals surface area contributed by atoms with Crippen LogP contribution in [0.3, 0.4) is 0 Å². The third-order valence-electron chi connectivity index (χ3n) is 1.88. The van der Waals surface area contributed by atoms with Gasteiger partial charge >= 0.3 is 0 Å². The molecule has 0 aliphatic heterocycles. The summed E-state index contributed by atoms with van der Waals surface area (Å²) in [7, 11) is -3.57. The van der Waals surface area contributed by atoms with Crippen LogP contribution in [0.15, 0.2) is 24.3 Å². The van der Waals surface area contributed by atoms with Crippen molar-refractivity contribution in [1.29, 1.82) is 0 Å². The lowest BCUT2D eigenvalue weighted by molar-refractivity contribution is 0.465. The molecule has 0 amide bonds. The van der Waals surface area contributed by atoms with E-state index >= 15 is 0 Å². The van der Waals surface area contributed by atoms with Crippen LogP contribution in [0.1, 0.15) is 26.3 Å². The molecule has 0 atom stereocenters. The van der Waals surface area contributed by atoms with Crippen LogP contribution >= 0.6 is 0 Å². The van der Waals surface area contributed by atoms with E-state index in [-0.39, 0.29) is 12.3 Å². The van der Waals surface area contributed by atoms with E-state index in [1.807, 2.05) is 0 Å². The largest absolute Gasteiger partial charge is 0.508 e. The van der Waals surface area contributed by atoms with Crippen LogP contribution in [0.2, 0.25) is 0 Å². The van der Waals surface area contributed by atoms with Crippen LogP contribution in [0.5, 0.6) is 5.75 Å². The molecule has 96 valence electrons. The zero-order chi connectivity index (χ0) is 13.1. The molecule has 0 bridgehead atoms. The lowest BCUT2D eigenvalue weighted by atomic mass is 10.1. The first-order valence-electron chi connectivity index (χ1n) is 5.25. The highest BCUT2D eigenvalue weighted by Crippen LogP contribution is 2.15. The van der Waals surface area contributed by atoms with Crippen molar-refractivity contribution in [2.75, 3.05) is 0 Å². The van der Waals surface area contributed by atoms with E-state index in [2.05, 4.69) is 9.44 Å². The number of aromatic hydroxyl groups is 1. The summed E-state index contributed by atoms with van der Waals surface area (Å²) >= 11 is 0.